The van der Waals surface area contributed by atoms with Crippen LogP contribution in [0, 0.1) is 5.92 Å². The Morgan fingerprint density at radius 2 is 2.29 bits per heavy atom. The Hall–Kier alpha value is -1.16. The van der Waals surface area contributed by atoms with E-state index in [1.54, 1.807) is 0 Å². The summed E-state index contributed by atoms with van der Waals surface area (Å²) in [5.41, 5.74) is 7.26. The molecule has 0 bridgehead atoms. The molecule has 3 nitrogen and oxygen atoms in total. The van der Waals surface area contributed by atoms with Crippen molar-refractivity contribution in [3.63, 3.8) is 0 Å². The molecule has 0 spiro atoms. The average Bonchev–Trinajstić information content (AvgIpc) is 2.29. The predicted octanol–water partition coefficient (Wildman–Crippen LogP) is 2.71. The van der Waals surface area contributed by atoms with E-state index in [1.165, 1.54) is 25.7 Å². The highest BCUT2D eigenvalue weighted by molar-refractivity contribution is 7.80. The van der Waals surface area contributed by atoms with Gasteiger partial charge in [0.15, 0.2) is 0 Å². The zero-order valence-electron chi connectivity index (χ0n) is 10.1. The molecule has 1 fully saturated rings. The van der Waals surface area contributed by atoms with Crippen LogP contribution < -0.4 is 11.1 Å². The smallest absolute Gasteiger partial charge is 0.122 e. The summed E-state index contributed by atoms with van der Waals surface area (Å²) >= 11 is 4.88. The highest BCUT2D eigenvalue weighted by Crippen LogP contribution is 2.25. The van der Waals surface area contributed by atoms with Crippen molar-refractivity contribution in [2.45, 2.75) is 38.6 Å². The van der Waals surface area contributed by atoms with Gasteiger partial charge in [0.05, 0.1) is 17.6 Å². The number of nitrogens with two attached hydrogens (primary N) is 1. The van der Waals surface area contributed by atoms with Gasteiger partial charge in [-0.25, -0.2) is 0 Å². The summed E-state index contributed by atoms with van der Waals surface area (Å²) in [5.74, 6) is 0.824. The highest BCUT2D eigenvalue weighted by atomic mass is 32.1. The summed E-state index contributed by atoms with van der Waals surface area (Å²) in [4.78, 5) is 4.58. The summed E-state index contributed by atoms with van der Waals surface area (Å²) in [7, 11) is 0. The second kappa shape index (κ2) is 5.45. The molecular formula is C13H19N3S. The van der Waals surface area contributed by atoms with Crippen molar-refractivity contribution < 1.29 is 0 Å². The molecular weight excluding hydrogens is 230 g/mol. The number of aromatic nitrogens is 1. The number of anilines is 1. The summed E-state index contributed by atoms with van der Waals surface area (Å²) in [6.07, 6.45) is 6.99. The fourth-order valence-electron chi connectivity index (χ4n) is 2.43. The van der Waals surface area contributed by atoms with Crippen LogP contribution >= 0.6 is 12.2 Å². The molecule has 2 rings (SSSR count). The Morgan fingerprint density at radius 3 is 2.88 bits per heavy atom. The van der Waals surface area contributed by atoms with Crippen molar-refractivity contribution in [2.75, 3.05) is 5.32 Å². The Morgan fingerprint density at radius 1 is 1.47 bits per heavy atom. The fourth-order valence-corrected chi connectivity index (χ4v) is 2.55. The standard InChI is InChI=1S/C13H19N3S/c1-9-3-2-4-10(7-9)16-11-5-6-12(13(14)17)15-8-11/h5-6,8-10,16H,2-4,7H2,1H3,(H2,14,17). The van der Waals surface area contributed by atoms with Crippen LogP contribution in [0.4, 0.5) is 5.69 Å². The monoisotopic (exact) mass is 249 g/mol. The maximum atomic E-state index is 5.51. The fraction of sp³-hybridized carbons (Fsp3) is 0.538. The topological polar surface area (TPSA) is 50.9 Å². The number of nitrogens with zero attached hydrogens (tertiary/aromatic N) is 1. The largest absolute Gasteiger partial charge is 0.388 e. The van der Waals surface area contributed by atoms with Gasteiger partial charge in [-0.2, -0.15) is 0 Å². The van der Waals surface area contributed by atoms with Gasteiger partial charge in [0.1, 0.15) is 4.99 Å². The second-order valence-corrected chi connectivity index (χ2v) is 5.35. The average molecular weight is 249 g/mol. The lowest BCUT2D eigenvalue weighted by atomic mass is 9.87. The molecule has 1 aliphatic rings. The van der Waals surface area contributed by atoms with Crippen LogP contribution in [-0.4, -0.2) is 16.0 Å². The van der Waals surface area contributed by atoms with Gasteiger partial charge in [-0.05, 0) is 30.9 Å². The molecule has 0 radical (unpaired) electrons. The van der Waals surface area contributed by atoms with E-state index in [9.17, 15) is 0 Å². The minimum atomic E-state index is 0.350. The number of hydrogen-bond acceptors (Lipinski definition) is 3. The number of hydrogen-bond donors (Lipinski definition) is 2. The van der Waals surface area contributed by atoms with E-state index >= 15 is 0 Å². The summed E-state index contributed by atoms with van der Waals surface area (Å²) < 4.78 is 0. The van der Waals surface area contributed by atoms with Crippen molar-refractivity contribution in [2.24, 2.45) is 11.7 Å². The maximum Gasteiger partial charge on any atom is 0.122 e. The molecule has 1 aliphatic carbocycles. The Balaban J connectivity index is 1.96. The van der Waals surface area contributed by atoms with Gasteiger partial charge in [-0.15, -0.1) is 0 Å². The van der Waals surface area contributed by atoms with Gasteiger partial charge in [0.25, 0.3) is 0 Å². The van der Waals surface area contributed by atoms with E-state index in [4.69, 9.17) is 18.0 Å². The molecule has 92 valence electrons. The summed E-state index contributed by atoms with van der Waals surface area (Å²) in [6.45, 7) is 2.32. The molecule has 0 aliphatic heterocycles. The first-order valence-corrected chi connectivity index (χ1v) is 6.58. The van der Waals surface area contributed by atoms with Crippen molar-refractivity contribution in [1.29, 1.82) is 0 Å². The zero-order chi connectivity index (χ0) is 12.3. The van der Waals surface area contributed by atoms with Crippen LogP contribution in [0.25, 0.3) is 0 Å². The van der Waals surface area contributed by atoms with Gasteiger partial charge < -0.3 is 11.1 Å². The van der Waals surface area contributed by atoms with Gasteiger partial charge >= 0.3 is 0 Å². The molecule has 0 saturated heterocycles. The molecule has 1 aromatic rings. The second-order valence-electron chi connectivity index (χ2n) is 4.91. The zero-order valence-corrected chi connectivity index (χ0v) is 11.0. The molecule has 1 heterocycles. The molecule has 2 unspecified atom stereocenters. The van der Waals surface area contributed by atoms with Crippen LogP contribution in [0.3, 0.4) is 0 Å². The molecule has 4 heteroatoms. The maximum absolute atomic E-state index is 5.51. The van der Waals surface area contributed by atoms with E-state index in [1.807, 2.05) is 18.3 Å². The Bertz CT molecular complexity index is 388. The number of thiocarbonyl (C=S) groups is 1. The van der Waals surface area contributed by atoms with Crippen LogP contribution in [0.5, 0.6) is 0 Å². The molecule has 3 N–H and O–H groups in total. The van der Waals surface area contributed by atoms with E-state index in [0.29, 0.717) is 16.7 Å². The Kier molecular flexibility index (Phi) is 3.94. The van der Waals surface area contributed by atoms with Crippen LogP contribution in [0.15, 0.2) is 18.3 Å². The van der Waals surface area contributed by atoms with Crippen molar-refractivity contribution in [1.82, 2.24) is 4.98 Å². The lowest BCUT2D eigenvalue weighted by Gasteiger charge is -2.28. The van der Waals surface area contributed by atoms with Crippen molar-refractivity contribution in [3.05, 3.63) is 24.0 Å². The lowest BCUT2D eigenvalue weighted by molar-refractivity contribution is 0.358. The third kappa shape index (κ3) is 3.40. The van der Waals surface area contributed by atoms with Crippen LogP contribution in [0.1, 0.15) is 38.3 Å². The third-order valence-electron chi connectivity index (χ3n) is 3.32. The first-order chi connectivity index (χ1) is 8.15. The van der Waals surface area contributed by atoms with E-state index < -0.39 is 0 Å². The van der Waals surface area contributed by atoms with Crippen LogP contribution in [0.2, 0.25) is 0 Å². The molecule has 1 aromatic heterocycles. The van der Waals surface area contributed by atoms with E-state index in [-0.39, 0.29) is 0 Å². The molecule has 17 heavy (non-hydrogen) atoms. The summed E-state index contributed by atoms with van der Waals surface area (Å²) in [6, 6.07) is 4.45. The molecule has 2 atom stereocenters. The van der Waals surface area contributed by atoms with Gasteiger partial charge in [0.2, 0.25) is 0 Å². The first-order valence-electron chi connectivity index (χ1n) is 6.17. The van der Waals surface area contributed by atoms with E-state index in [0.717, 1.165) is 11.6 Å². The van der Waals surface area contributed by atoms with Gasteiger partial charge in [-0.3, -0.25) is 4.98 Å². The summed E-state index contributed by atoms with van der Waals surface area (Å²) in [5, 5.41) is 3.53. The molecule has 0 amide bonds. The minimum absolute atomic E-state index is 0.350. The molecule has 1 saturated carbocycles. The normalized spacial score (nSPS) is 24.3. The minimum Gasteiger partial charge on any atom is -0.388 e. The van der Waals surface area contributed by atoms with Crippen LogP contribution in [-0.2, 0) is 0 Å². The number of pyridine rings is 1. The predicted molar refractivity (Wildman–Crippen MR) is 75.2 cm³/mol. The van der Waals surface area contributed by atoms with E-state index in [2.05, 4.69) is 17.2 Å². The van der Waals surface area contributed by atoms with Gasteiger partial charge in [0, 0.05) is 6.04 Å². The quantitative estimate of drug-likeness (QED) is 0.809. The highest BCUT2D eigenvalue weighted by Gasteiger charge is 2.18. The first kappa shape index (κ1) is 12.3. The SMILES string of the molecule is CC1CCCC(Nc2ccc(C(N)=S)nc2)C1. The number of nitrogens with one attached hydrogen (secondary N) is 1. The third-order valence-corrected chi connectivity index (χ3v) is 3.53. The lowest BCUT2D eigenvalue weighted by Crippen LogP contribution is -2.26. The van der Waals surface area contributed by atoms with Crippen molar-refractivity contribution in [3.8, 4) is 0 Å². The number of rotatable bonds is 3. The molecule has 0 aromatic carbocycles. The van der Waals surface area contributed by atoms with Crippen molar-refractivity contribution >= 4 is 22.9 Å². The Labute approximate surface area is 108 Å². The van der Waals surface area contributed by atoms with Gasteiger partial charge in [-0.1, -0.05) is 32.0 Å².